The highest BCUT2D eigenvalue weighted by atomic mass is 16.5. The van der Waals surface area contributed by atoms with Crippen molar-refractivity contribution in [3.8, 4) is 5.75 Å². The number of benzene rings is 2. The topological polar surface area (TPSA) is 100 Å². The van der Waals surface area contributed by atoms with Crippen LogP contribution in [0, 0.1) is 4.91 Å². The van der Waals surface area contributed by atoms with Gasteiger partial charge in [0.2, 0.25) is 6.41 Å². The van der Waals surface area contributed by atoms with Crippen molar-refractivity contribution in [2.45, 2.75) is 6.42 Å². The first-order valence-electron chi connectivity index (χ1n) is 7.60. The van der Waals surface area contributed by atoms with Crippen LogP contribution in [0.3, 0.4) is 0 Å². The predicted octanol–water partition coefficient (Wildman–Crippen LogP) is 2.37. The van der Waals surface area contributed by atoms with Gasteiger partial charge in [-0.2, -0.15) is 0 Å². The molecule has 0 aromatic heterocycles. The number of carbonyl (C=O) groups is 2. The Morgan fingerprint density at radius 2 is 2.12 bits per heavy atom. The first-order valence-corrected chi connectivity index (χ1v) is 7.60. The van der Waals surface area contributed by atoms with E-state index >= 15 is 0 Å². The highest BCUT2D eigenvalue weighted by molar-refractivity contribution is 6.11. The molecule has 0 spiro atoms. The number of amides is 2. The Hall–Kier alpha value is -3.42. The van der Waals surface area contributed by atoms with Gasteiger partial charge < -0.3 is 9.64 Å². The molecule has 2 amide bonds. The van der Waals surface area contributed by atoms with Gasteiger partial charge in [0.15, 0.2) is 5.69 Å². The third-order valence-corrected chi connectivity index (χ3v) is 4.05. The number of methoxy groups -OCH3 is 1. The van der Waals surface area contributed by atoms with E-state index in [9.17, 15) is 14.5 Å². The molecule has 3 rings (SSSR count). The standard InChI is InChI=1S/C17H16N4O4/c1-25-16-8-12(13(19-18-10-22)9-14(16)20-24)17(23)21-7-6-11-4-2-3-5-15(11)21/h2-5,8-10,19H,6-7H2,1H3,(H,18,22). The second-order valence-corrected chi connectivity index (χ2v) is 5.38. The van der Waals surface area contributed by atoms with Gasteiger partial charge in [-0.3, -0.25) is 20.4 Å². The lowest BCUT2D eigenvalue weighted by Gasteiger charge is -2.20. The maximum atomic E-state index is 13.1. The lowest BCUT2D eigenvalue weighted by Crippen LogP contribution is -2.30. The summed E-state index contributed by atoms with van der Waals surface area (Å²) in [6.45, 7) is 0.550. The minimum absolute atomic E-state index is 0.0241. The van der Waals surface area contributed by atoms with Gasteiger partial charge >= 0.3 is 0 Å². The molecule has 2 aromatic rings. The molecule has 128 valence electrons. The normalized spacial score (nSPS) is 12.3. The number of rotatable bonds is 6. The van der Waals surface area contributed by atoms with Crippen molar-refractivity contribution in [3.05, 3.63) is 52.4 Å². The van der Waals surface area contributed by atoms with Crippen LogP contribution in [0.15, 0.2) is 41.6 Å². The Labute approximate surface area is 143 Å². The Bertz CT molecular complexity index is 837. The van der Waals surface area contributed by atoms with Crippen LogP contribution in [-0.4, -0.2) is 26.0 Å². The fourth-order valence-corrected chi connectivity index (χ4v) is 2.89. The molecule has 0 saturated carbocycles. The smallest absolute Gasteiger partial charge is 0.260 e. The lowest BCUT2D eigenvalue weighted by atomic mass is 10.1. The van der Waals surface area contributed by atoms with E-state index in [-0.39, 0.29) is 28.6 Å². The minimum Gasteiger partial charge on any atom is -0.494 e. The minimum atomic E-state index is -0.268. The van der Waals surface area contributed by atoms with Crippen LogP contribution in [0.5, 0.6) is 5.75 Å². The summed E-state index contributed by atoms with van der Waals surface area (Å²) in [6.07, 6.45) is 1.19. The van der Waals surface area contributed by atoms with Gasteiger partial charge in [0, 0.05) is 12.2 Å². The van der Waals surface area contributed by atoms with Crippen LogP contribution >= 0.6 is 0 Å². The molecular weight excluding hydrogens is 324 g/mol. The molecule has 0 unspecified atom stereocenters. The van der Waals surface area contributed by atoms with Gasteiger partial charge in [-0.1, -0.05) is 18.2 Å². The van der Waals surface area contributed by atoms with Crippen molar-refractivity contribution >= 4 is 29.4 Å². The molecule has 2 aromatic carbocycles. The fraction of sp³-hybridized carbons (Fsp3) is 0.176. The van der Waals surface area contributed by atoms with Crippen LogP contribution in [0.4, 0.5) is 17.1 Å². The molecular formula is C17H16N4O4. The van der Waals surface area contributed by atoms with Crippen molar-refractivity contribution in [2.24, 2.45) is 5.18 Å². The van der Waals surface area contributed by atoms with Crippen LogP contribution in [0.1, 0.15) is 15.9 Å². The maximum Gasteiger partial charge on any atom is 0.260 e. The summed E-state index contributed by atoms with van der Waals surface area (Å²) in [5, 5.41) is 2.89. The second-order valence-electron chi connectivity index (χ2n) is 5.38. The van der Waals surface area contributed by atoms with E-state index in [0.29, 0.717) is 13.0 Å². The third-order valence-electron chi connectivity index (χ3n) is 4.05. The number of carbonyl (C=O) groups excluding carboxylic acids is 2. The summed E-state index contributed by atoms with van der Waals surface area (Å²) in [4.78, 5) is 36.3. The Morgan fingerprint density at radius 3 is 2.84 bits per heavy atom. The molecule has 1 aliphatic heterocycles. The summed E-state index contributed by atoms with van der Waals surface area (Å²) in [5.41, 5.74) is 7.35. The third kappa shape index (κ3) is 3.01. The van der Waals surface area contributed by atoms with E-state index in [1.807, 2.05) is 24.3 Å². The van der Waals surface area contributed by atoms with Gasteiger partial charge in [0.1, 0.15) is 5.75 Å². The molecule has 0 atom stereocenters. The van der Waals surface area contributed by atoms with Crippen LogP contribution in [0.25, 0.3) is 0 Å². The van der Waals surface area contributed by atoms with E-state index in [0.717, 1.165) is 17.7 Å². The largest absolute Gasteiger partial charge is 0.494 e. The van der Waals surface area contributed by atoms with Gasteiger partial charge in [0.25, 0.3) is 5.91 Å². The number of nitrogens with zero attached hydrogens (tertiary/aromatic N) is 2. The molecule has 0 aliphatic carbocycles. The molecule has 25 heavy (non-hydrogen) atoms. The molecule has 8 nitrogen and oxygen atoms in total. The monoisotopic (exact) mass is 340 g/mol. The number of hydrogen-bond donors (Lipinski definition) is 2. The van der Waals surface area contributed by atoms with Crippen molar-refractivity contribution in [1.29, 1.82) is 0 Å². The summed E-state index contributed by atoms with van der Waals surface area (Å²) in [5.74, 6) is -0.0848. The number of nitroso groups, excluding NO2 is 1. The second kappa shape index (κ2) is 7.00. The van der Waals surface area contributed by atoms with E-state index in [2.05, 4.69) is 16.0 Å². The quantitative estimate of drug-likeness (QED) is 0.478. The van der Waals surface area contributed by atoms with Gasteiger partial charge in [-0.25, -0.2) is 0 Å². The van der Waals surface area contributed by atoms with E-state index in [1.165, 1.54) is 19.2 Å². The number of hydrazine groups is 1. The molecule has 0 bridgehead atoms. The zero-order valence-electron chi connectivity index (χ0n) is 13.5. The molecule has 0 fully saturated rings. The molecule has 1 heterocycles. The predicted molar refractivity (Wildman–Crippen MR) is 93.1 cm³/mol. The van der Waals surface area contributed by atoms with E-state index < -0.39 is 0 Å². The number of nitrogens with one attached hydrogen (secondary N) is 2. The van der Waals surface area contributed by atoms with Crippen LogP contribution in [-0.2, 0) is 11.2 Å². The van der Waals surface area contributed by atoms with Crippen molar-refractivity contribution in [1.82, 2.24) is 5.43 Å². The zero-order valence-corrected chi connectivity index (χ0v) is 13.5. The summed E-state index contributed by atoms with van der Waals surface area (Å²) in [7, 11) is 1.39. The number of para-hydroxylation sites is 1. The highest BCUT2D eigenvalue weighted by Gasteiger charge is 2.28. The Balaban J connectivity index is 2.04. The molecule has 8 heteroatoms. The first-order chi connectivity index (χ1) is 12.2. The number of fused-ring (bicyclic) bond motifs is 1. The van der Waals surface area contributed by atoms with Gasteiger partial charge in [0.05, 0.1) is 18.4 Å². The SMILES string of the molecule is COc1cc(C(=O)N2CCc3ccccc32)c(NNC=O)cc1N=O. The molecule has 0 saturated heterocycles. The van der Waals surface area contributed by atoms with Gasteiger partial charge in [-0.15, -0.1) is 4.91 Å². The van der Waals surface area contributed by atoms with Gasteiger partial charge in [-0.05, 0) is 35.4 Å². The number of ether oxygens (including phenoxy) is 1. The summed E-state index contributed by atoms with van der Waals surface area (Å²) < 4.78 is 5.14. The van der Waals surface area contributed by atoms with Crippen LogP contribution < -0.4 is 20.5 Å². The van der Waals surface area contributed by atoms with Crippen LogP contribution in [0.2, 0.25) is 0 Å². The van der Waals surface area contributed by atoms with E-state index in [4.69, 9.17) is 4.74 Å². The lowest BCUT2D eigenvalue weighted by molar-refractivity contribution is -0.109. The maximum absolute atomic E-state index is 13.1. The first kappa shape index (κ1) is 16.4. The fourth-order valence-electron chi connectivity index (χ4n) is 2.89. The summed E-state index contributed by atoms with van der Waals surface area (Å²) >= 11 is 0. The van der Waals surface area contributed by atoms with Crippen molar-refractivity contribution in [3.63, 3.8) is 0 Å². The van der Waals surface area contributed by atoms with Crippen molar-refractivity contribution in [2.75, 3.05) is 24.0 Å². The zero-order chi connectivity index (χ0) is 17.8. The Kier molecular flexibility index (Phi) is 4.60. The Morgan fingerprint density at radius 1 is 1.32 bits per heavy atom. The highest BCUT2D eigenvalue weighted by Crippen LogP contribution is 2.36. The van der Waals surface area contributed by atoms with E-state index in [1.54, 1.807) is 4.90 Å². The average Bonchev–Trinajstić information content (AvgIpc) is 3.09. The summed E-state index contributed by atoms with van der Waals surface area (Å²) in [6, 6.07) is 10.5. The van der Waals surface area contributed by atoms with Crippen molar-refractivity contribution < 1.29 is 14.3 Å². The molecule has 1 aliphatic rings. The number of anilines is 2. The molecule has 0 radical (unpaired) electrons. The molecule has 2 N–H and O–H groups in total. The average molecular weight is 340 g/mol. The number of hydrogen-bond acceptors (Lipinski definition) is 6.